The number of ether oxygens (including phenoxy) is 2. The van der Waals surface area contributed by atoms with Crippen LogP contribution in [0.5, 0.6) is 11.5 Å². The number of aryl methyl sites for hydroxylation is 2. The number of benzene rings is 2. The van der Waals surface area contributed by atoms with Crippen molar-refractivity contribution in [1.82, 2.24) is 9.99 Å². The SMILES string of the molecule is COc1c(I)cc(/C=N/NC(=O)c2ccc(COc3ccc(-n4c(C)ccc4C)cc3)o2)cc1I. The van der Waals surface area contributed by atoms with Crippen molar-refractivity contribution in [2.24, 2.45) is 5.10 Å². The monoisotopic (exact) mass is 695 g/mol. The van der Waals surface area contributed by atoms with Crippen LogP contribution in [0.4, 0.5) is 0 Å². The lowest BCUT2D eigenvalue weighted by Crippen LogP contribution is -2.16. The van der Waals surface area contributed by atoms with E-state index in [0.717, 1.165) is 24.1 Å². The number of hydrazone groups is 1. The highest BCUT2D eigenvalue weighted by Gasteiger charge is 2.12. The second-order valence-electron chi connectivity index (χ2n) is 7.72. The number of aromatic nitrogens is 1. The van der Waals surface area contributed by atoms with Crippen molar-refractivity contribution in [3.8, 4) is 17.2 Å². The quantitative estimate of drug-likeness (QED) is 0.135. The fourth-order valence-corrected chi connectivity index (χ4v) is 5.83. The van der Waals surface area contributed by atoms with E-state index in [2.05, 4.69) is 86.3 Å². The lowest BCUT2D eigenvalue weighted by Gasteiger charge is -2.10. The Morgan fingerprint density at radius 3 is 2.31 bits per heavy atom. The molecule has 7 nitrogen and oxygen atoms in total. The average Bonchev–Trinajstić information content (AvgIpc) is 3.44. The number of nitrogens with zero attached hydrogens (tertiary/aromatic N) is 2. The number of halogens is 2. The summed E-state index contributed by atoms with van der Waals surface area (Å²) in [5.74, 6) is 1.80. The van der Waals surface area contributed by atoms with Crippen molar-refractivity contribution < 1.29 is 18.7 Å². The highest BCUT2D eigenvalue weighted by Crippen LogP contribution is 2.28. The molecule has 0 radical (unpaired) electrons. The van der Waals surface area contributed by atoms with Gasteiger partial charge in [-0.2, -0.15) is 5.10 Å². The Morgan fingerprint density at radius 2 is 1.69 bits per heavy atom. The van der Waals surface area contributed by atoms with E-state index in [1.807, 2.05) is 36.4 Å². The molecule has 0 spiro atoms. The van der Waals surface area contributed by atoms with Crippen LogP contribution in [0.15, 0.2) is 70.2 Å². The van der Waals surface area contributed by atoms with Gasteiger partial charge in [0.1, 0.15) is 23.9 Å². The predicted molar refractivity (Wildman–Crippen MR) is 152 cm³/mol. The number of rotatable bonds is 8. The Hall–Kier alpha value is -2.80. The van der Waals surface area contributed by atoms with Crippen LogP contribution in [0.1, 0.15) is 33.3 Å². The summed E-state index contributed by atoms with van der Waals surface area (Å²) < 4.78 is 20.9. The smallest absolute Gasteiger partial charge is 0.307 e. The van der Waals surface area contributed by atoms with Gasteiger partial charge >= 0.3 is 5.91 Å². The second kappa shape index (κ2) is 11.3. The fourth-order valence-electron chi connectivity index (χ4n) is 3.57. The molecule has 0 bridgehead atoms. The van der Waals surface area contributed by atoms with Crippen LogP contribution < -0.4 is 14.9 Å². The molecule has 9 heteroatoms. The third-order valence-electron chi connectivity index (χ3n) is 5.24. The van der Waals surface area contributed by atoms with Gasteiger partial charge < -0.3 is 18.5 Å². The molecule has 2 aromatic heterocycles. The maximum Gasteiger partial charge on any atom is 0.307 e. The lowest BCUT2D eigenvalue weighted by atomic mass is 10.2. The zero-order valence-electron chi connectivity index (χ0n) is 19.3. The van der Waals surface area contributed by atoms with Gasteiger partial charge in [0.2, 0.25) is 0 Å². The van der Waals surface area contributed by atoms with E-state index in [4.69, 9.17) is 13.9 Å². The number of hydrogen-bond acceptors (Lipinski definition) is 5. The Morgan fingerprint density at radius 1 is 1.03 bits per heavy atom. The minimum atomic E-state index is -0.438. The third-order valence-corrected chi connectivity index (χ3v) is 6.84. The first-order valence-electron chi connectivity index (χ1n) is 10.7. The summed E-state index contributed by atoms with van der Waals surface area (Å²) in [5, 5.41) is 4.03. The molecule has 1 N–H and O–H groups in total. The standard InChI is InChI=1S/C26H23I2N3O4/c1-16-4-5-17(2)31(16)19-6-8-20(9-7-19)34-15-21-10-11-24(35-21)26(32)30-29-14-18-12-22(27)25(33-3)23(28)13-18/h4-14H,15H2,1-3H3,(H,30,32)/b29-14+. The van der Waals surface area contributed by atoms with Crippen molar-refractivity contribution >= 4 is 57.3 Å². The molecule has 0 saturated heterocycles. The van der Waals surface area contributed by atoms with Gasteiger partial charge in [-0.15, -0.1) is 0 Å². The van der Waals surface area contributed by atoms with Crippen LogP contribution in [-0.2, 0) is 6.61 Å². The zero-order chi connectivity index (χ0) is 24.9. The van der Waals surface area contributed by atoms with Gasteiger partial charge in [-0.3, -0.25) is 4.79 Å². The van der Waals surface area contributed by atoms with Gasteiger partial charge in [-0.05, 0) is 125 Å². The van der Waals surface area contributed by atoms with E-state index in [1.54, 1.807) is 25.5 Å². The van der Waals surface area contributed by atoms with Crippen LogP contribution in [0.3, 0.4) is 0 Å². The largest absolute Gasteiger partial charge is 0.495 e. The summed E-state index contributed by atoms with van der Waals surface area (Å²) in [7, 11) is 1.64. The van der Waals surface area contributed by atoms with Crippen LogP contribution >= 0.6 is 45.2 Å². The molecule has 0 fully saturated rings. The van der Waals surface area contributed by atoms with Crippen molar-refractivity contribution in [3.05, 3.63) is 96.3 Å². The molecular weight excluding hydrogens is 672 g/mol. The summed E-state index contributed by atoms with van der Waals surface area (Å²) in [6.45, 7) is 4.36. The zero-order valence-corrected chi connectivity index (χ0v) is 23.7. The molecule has 1 amide bonds. The van der Waals surface area contributed by atoms with Crippen LogP contribution in [0, 0.1) is 21.0 Å². The molecular formula is C26H23I2N3O4. The van der Waals surface area contributed by atoms with Gasteiger partial charge in [-0.25, -0.2) is 5.43 Å². The Balaban J connectivity index is 1.32. The van der Waals surface area contributed by atoms with Crippen molar-refractivity contribution in [3.63, 3.8) is 0 Å². The highest BCUT2D eigenvalue weighted by atomic mass is 127. The number of methoxy groups -OCH3 is 1. The number of carbonyl (C=O) groups is 1. The van der Waals surface area contributed by atoms with Crippen molar-refractivity contribution in [2.45, 2.75) is 20.5 Å². The minimum absolute atomic E-state index is 0.161. The maximum atomic E-state index is 12.4. The van der Waals surface area contributed by atoms with E-state index in [9.17, 15) is 4.79 Å². The van der Waals surface area contributed by atoms with Gasteiger partial charge in [-0.1, -0.05) is 0 Å². The van der Waals surface area contributed by atoms with Crippen LogP contribution in [0.25, 0.3) is 5.69 Å². The molecule has 0 saturated carbocycles. The normalized spacial score (nSPS) is 11.1. The first-order valence-corrected chi connectivity index (χ1v) is 12.8. The summed E-state index contributed by atoms with van der Waals surface area (Å²) >= 11 is 4.40. The molecule has 4 aromatic rings. The summed E-state index contributed by atoms with van der Waals surface area (Å²) in [5.41, 5.74) is 6.77. The third kappa shape index (κ3) is 6.07. The molecule has 35 heavy (non-hydrogen) atoms. The van der Waals surface area contributed by atoms with Crippen LogP contribution in [-0.4, -0.2) is 23.8 Å². The summed E-state index contributed by atoms with van der Waals surface area (Å²) in [6.07, 6.45) is 1.58. The number of nitrogens with one attached hydrogen (secondary N) is 1. The van der Waals surface area contributed by atoms with Gasteiger partial charge in [0, 0.05) is 17.1 Å². The Bertz CT molecular complexity index is 1330. The van der Waals surface area contributed by atoms with Gasteiger partial charge in [0.25, 0.3) is 0 Å². The molecule has 0 unspecified atom stereocenters. The minimum Gasteiger partial charge on any atom is -0.495 e. The number of carbonyl (C=O) groups excluding carboxylic acids is 1. The van der Waals surface area contributed by atoms with Gasteiger partial charge in [0.15, 0.2) is 5.76 Å². The summed E-state index contributed by atoms with van der Waals surface area (Å²) in [4.78, 5) is 12.4. The number of furan rings is 1. The molecule has 180 valence electrons. The molecule has 4 rings (SSSR count). The first-order chi connectivity index (χ1) is 16.9. The van der Waals surface area contributed by atoms with E-state index in [-0.39, 0.29) is 12.4 Å². The second-order valence-corrected chi connectivity index (χ2v) is 10.0. The number of hydrogen-bond donors (Lipinski definition) is 1. The van der Waals surface area contributed by atoms with Crippen molar-refractivity contribution in [2.75, 3.05) is 7.11 Å². The first kappa shape index (κ1) is 25.3. The average molecular weight is 695 g/mol. The predicted octanol–water partition coefficient (Wildman–Crippen LogP) is 6.25. The van der Waals surface area contributed by atoms with E-state index in [0.29, 0.717) is 11.5 Å². The molecule has 2 heterocycles. The molecule has 0 atom stereocenters. The maximum absolute atomic E-state index is 12.4. The highest BCUT2D eigenvalue weighted by molar-refractivity contribution is 14.1. The molecule has 0 aliphatic rings. The Kier molecular flexibility index (Phi) is 8.16. The topological polar surface area (TPSA) is 78.0 Å². The van der Waals surface area contributed by atoms with E-state index >= 15 is 0 Å². The fraction of sp³-hybridized carbons (Fsp3) is 0.154. The summed E-state index contributed by atoms with van der Waals surface area (Å²) in [6, 6.07) is 19.2. The number of amides is 1. The Labute approximate surface area is 230 Å². The van der Waals surface area contributed by atoms with E-state index in [1.165, 1.54) is 11.4 Å². The molecule has 0 aliphatic carbocycles. The van der Waals surface area contributed by atoms with Gasteiger partial charge in [0.05, 0.1) is 20.5 Å². The molecule has 2 aromatic carbocycles. The molecule has 0 aliphatic heterocycles. The van der Waals surface area contributed by atoms with E-state index < -0.39 is 5.91 Å². The lowest BCUT2D eigenvalue weighted by molar-refractivity contribution is 0.0923. The van der Waals surface area contributed by atoms with Crippen molar-refractivity contribution in [1.29, 1.82) is 0 Å². The van der Waals surface area contributed by atoms with Crippen LogP contribution in [0.2, 0.25) is 0 Å².